The molecule has 2 aliphatic rings. The zero-order valence-corrected chi connectivity index (χ0v) is 14.3. The number of amides is 1. The maximum Gasteiger partial charge on any atom is 0.273 e. The first kappa shape index (κ1) is 14.8. The van der Waals surface area contributed by atoms with Crippen molar-refractivity contribution in [3.63, 3.8) is 0 Å². The standard InChI is InChI=1S/C18H16N4O2S/c23-17-13-3-1-2-4-14(13)20-16-7-11-5-6-12(8-21(16)17)22(11)18(24)15-9-25-10-19-15/h1-4,9-12H,5-8H2/t11-,12+/m0/s1. The van der Waals surface area contributed by atoms with E-state index in [9.17, 15) is 9.59 Å². The van der Waals surface area contributed by atoms with Crippen molar-refractivity contribution in [2.24, 2.45) is 0 Å². The van der Waals surface area contributed by atoms with Gasteiger partial charge >= 0.3 is 0 Å². The van der Waals surface area contributed by atoms with Gasteiger partial charge in [-0.3, -0.25) is 14.2 Å². The van der Waals surface area contributed by atoms with Crippen LogP contribution < -0.4 is 5.56 Å². The number of hydrogen-bond acceptors (Lipinski definition) is 5. The molecule has 1 fully saturated rings. The molecule has 1 saturated heterocycles. The van der Waals surface area contributed by atoms with Crippen molar-refractivity contribution in [2.45, 2.75) is 37.9 Å². The molecule has 0 radical (unpaired) electrons. The Hall–Kier alpha value is -2.54. The molecule has 6 nitrogen and oxygen atoms in total. The fourth-order valence-corrected chi connectivity index (χ4v) is 4.63. The van der Waals surface area contributed by atoms with Crippen LogP contribution in [0.25, 0.3) is 10.9 Å². The van der Waals surface area contributed by atoms with Gasteiger partial charge in [0.15, 0.2) is 0 Å². The Bertz CT molecular complexity index is 1030. The summed E-state index contributed by atoms with van der Waals surface area (Å²) in [7, 11) is 0. The third kappa shape index (κ3) is 2.22. The van der Waals surface area contributed by atoms with Crippen LogP contribution >= 0.6 is 11.3 Å². The summed E-state index contributed by atoms with van der Waals surface area (Å²) in [5.41, 5.74) is 2.90. The lowest BCUT2D eigenvalue weighted by atomic mass is 10.1. The number of rotatable bonds is 1. The highest BCUT2D eigenvalue weighted by molar-refractivity contribution is 7.07. The molecule has 1 aromatic carbocycles. The molecule has 2 atom stereocenters. The number of fused-ring (bicyclic) bond motifs is 4. The van der Waals surface area contributed by atoms with Crippen molar-refractivity contribution in [3.05, 3.63) is 57.0 Å². The predicted octanol–water partition coefficient (Wildman–Crippen LogP) is 2.08. The van der Waals surface area contributed by atoms with Crippen molar-refractivity contribution in [1.29, 1.82) is 0 Å². The van der Waals surface area contributed by atoms with Crippen molar-refractivity contribution < 1.29 is 4.79 Å². The normalized spacial score (nSPS) is 22.0. The van der Waals surface area contributed by atoms with Crippen LogP contribution in [-0.2, 0) is 13.0 Å². The largest absolute Gasteiger partial charge is 0.329 e. The molecule has 0 unspecified atom stereocenters. The number of para-hydroxylation sites is 1. The van der Waals surface area contributed by atoms with Gasteiger partial charge in [-0.1, -0.05) is 12.1 Å². The third-order valence-corrected chi connectivity index (χ3v) is 5.84. The molecule has 7 heteroatoms. The van der Waals surface area contributed by atoms with Gasteiger partial charge in [0.25, 0.3) is 11.5 Å². The average Bonchev–Trinajstić information content (AvgIpc) is 3.24. The van der Waals surface area contributed by atoms with Crippen LogP contribution in [0.15, 0.2) is 40.0 Å². The molecule has 2 bridgehead atoms. The van der Waals surface area contributed by atoms with Crippen molar-refractivity contribution in [1.82, 2.24) is 19.4 Å². The zero-order chi connectivity index (χ0) is 17.0. The van der Waals surface area contributed by atoms with E-state index in [0.29, 0.717) is 24.0 Å². The van der Waals surface area contributed by atoms with Crippen LogP contribution in [-0.4, -0.2) is 37.4 Å². The van der Waals surface area contributed by atoms with Crippen LogP contribution in [0.3, 0.4) is 0 Å². The van der Waals surface area contributed by atoms with Gasteiger partial charge in [0.05, 0.1) is 22.5 Å². The summed E-state index contributed by atoms with van der Waals surface area (Å²) in [5.74, 6) is 0.756. The fourth-order valence-electron chi connectivity index (χ4n) is 4.10. The van der Waals surface area contributed by atoms with Gasteiger partial charge in [0, 0.05) is 24.4 Å². The van der Waals surface area contributed by atoms with Gasteiger partial charge in [0.2, 0.25) is 0 Å². The topological polar surface area (TPSA) is 68.1 Å². The Morgan fingerprint density at radius 2 is 2.04 bits per heavy atom. The van der Waals surface area contributed by atoms with Crippen LogP contribution in [0, 0.1) is 0 Å². The third-order valence-electron chi connectivity index (χ3n) is 5.26. The number of nitrogens with zero attached hydrogens (tertiary/aromatic N) is 4. The minimum Gasteiger partial charge on any atom is -0.329 e. The second-order valence-electron chi connectivity index (χ2n) is 6.64. The Morgan fingerprint density at radius 3 is 2.88 bits per heavy atom. The molecular weight excluding hydrogens is 336 g/mol. The molecular formula is C18H16N4O2S. The lowest BCUT2D eigenvalue weighted by Crippen LogP contribution is -2.42. The maximum absolute atomic E-state index is 12.9. The molecule has 126 valence electrons. The number of aromatic nitrogens is 3. The Kier molecular flexibility index (Phi) is 3.24. The molecule has 0 spiro atoms. The highest BCUT2D eigenvalue weighted by atomic mass is 32.1. The van der Waals surface area contributed by atoms with E-state index in [2.05, 4.69) is 4.98 Å². The van der Waals surface area contributed by atoms with Crippen LogP contribution in [0.2, 0.25) is 0 Å². The summed E-state index contributed by atoms with van der Waals surface area (Å²) >= 11 is 1.43. The highest BCUT2D eigenvalue weighted by Crippen LogP contribution is 2.32. The van der Waals surface area contributed by atoms with E-state index in [4.69, 9.17) is 4.98 Å². The van der Waals surface area contributed by atoms with Crippen LogP contribution in [0.5, 0.6) is 0 Å². The van der Waals surface area contributed by atoms with E-state index in [-0.39, 0.29) is 23.6 Å². The SMILES string of the molecule is O=C(c1cscn1)N1[C@@H]2CC[C@H]1Cc1nc3ccccc3c(=O)n1C2. The summed E-state index contributed by atoms with van der Waals surface area (Å²) in [4.78, 5) is 36.7. The van der Waals surface area contributed by atoms with Gasteiger partial charge in [-0.05, 0) is 25.0 Å². The number of hydrogen-bond donors (Lipinski definition) is 0. The Balaban J connectivity index is 1.61. The molecule has 5 rings (SSSR count). The molecule has 1 amide bonds. The number of carbonyl (C=O) groups is 1. The lowest BCUT2D eigenvalue weighted by Gasteiger charge is -2.27. The minimum atomic E-state index is -0.0286. The average molecular weight is 352 g/mol. The van der Waals surface area contributed by atoms with E-state index < -0.39 is 0 Å². The Labute approximate surface area is 147 Å². The van der Waals surface area contributed by atoms with E-state index in [1.54, 1.807) is 15.5 Å². The molecule has 4 heterocycles. The maximum atomic E-state index is 12.9. The van der Waals surface area contributed by atoms with Crippen molar-refractivity contribution >= 4 is 28.1 Å². The van der Waals surface area contributed by atoms with E-state index in [0.717, 1.165) is 24.2 Å². The van der Waals surface area contributed by atoms with Gasteiger partial charge in [-0.2, -0.15) is 0 Å². The number of carbonyl (C=O) groups excluding carboxylic acids is 1. The van der Waals surface area contributed by atoms with Crippen LogP contribution in [0.4, 0.5) is 0 Å². The molecule has 3 aromatic rings. The molecule has 0 N–H and O–H groups in total. The lowest BCUT2D eigenvalue weighted by molar-refractivity contribution is 0.0660. The van der Waals surface area contributed by atoms with E-state index >= 15 is 0 Å². The van der Waals surface area contributed by atoms with Crippen molar-refractivity contribution in [2.75, 3.05) is 0 Å². The second-order valence-corrected chi connectivity index (χ2v) is 7.35. The van der Waals surface area contributed by atoms with E-state index in [1.807, 2.05) is 29.2 Å². The first-order chi connectivity index (χ1) is 12.2. The van der Waals surface area contributed by atoms with Gasteiger partial charge in [-0.15, -0.1) is 11.3 Å². The zero-order valence-electron chi connectivity index (χ0n) is 13.5. The van der Waals surface area contributed by atoms with Gasteiger partial charge in [-0.25, -0.2) is 9.97 Å². The minimum absolute atomic E-state index is 0.00536. The smallest absolute Gasteiger partial charge is 0.273 e. The monoisotopic (exact) mass is 352 g/mol. The first-order valence-electron chi connectivity index (χ1n) is 8.41. The number of thiazole rings is 1. The molecule has 0 saturated carbocycles. The van der Waals surface area contributed by atoms with Gasteiger partial charge < -0.3 is 4.90 Å². The summed E-state index contributed by atoms with van der Waals surface area (Å²) in [6.45, 7) is 0.512. The second kappa shape index (κ2) is 5.49. The van der Waals surface area contributed by atoms with E-state index in [1.165, 1.54) is 11.3 Å². The molecule has 0 aliphatic carbocycles. The fraction of sp³-hybridized carbons (Fsp3) is 0.333. The molecule has 2 aromatic heterocycles. The summed E-state index contributed by atoms with van der Waals surface area (Å²) in [6, 6.07) is 7.56. The van der Waals surface area contributed by atoms with Crippen molar-refractivity contribution in [3.8, 4) is 0 Å². The highest BCUT2D eigenvalue weighted by Gasteiger charge is 2.41. The molecule has 25 heavy (non-hydrogen) atoms. The summed E-state index contributed by atoms with van der Waals surface area (Å²) in [5, 5.41) is 2.43. The van der Waals surface area contributed by atoms with Gasteiger partial charge in [0.1, 0.15) is 11.5 Å². The summed E-state index contributed by atoms with van der Waals surface area (Å²) in [6.07, 6.45) is 2.48. The quantitative estimate of drug-likeness (QED) is 0.672. The van der Waals surface area contributed by atoms with Crippen LogP contribution in [0.1, 0.15) is 29.2 Å². The summed E-state index contributed by atoms with van der Waals surface area (Å²) < 4.78 is 1.77. The molecule has 2 aliphatic heterocycles. The number of benzene rings is 1. The first-order valence-corrected chi connectivity index (χ1v) is 9.36. The predicted molar refractivity (Wildman–Crippen MR) is 94.8 cm³/mol. The Morgan fingerprint density at radius 1 is 1.20 bits per heavy atom.